The first-order chi connectivity index (χ1) is 12.8. The van der Waals surface area contributed by atoms with Crippen LogP contribution in [0, 0.1) is 12.7 Å². The number of nitrogens with one attached hydrogen (secondary N) is 1. The molecule has 1 atom stereocenters. The van der Waals surface area contributed by atoms with Crippen molar-refractivity contribution in [2.24, 2.45) is 0 Å². The van der Waals surface area contributed by atoms with Crippen LogP contribution in [0.2, 0.25) is 5.02 Å². The Labute approximate surface area is 161 Å². The lowest BCUT2D eigenvalue weighted by atomic mass is 10.2. The number of hydrogen-bond donors (Lipinski definition) is 1. The van der Waals surface area contributed by atoms with Gasteiger partial charge in [0.25, 0.3) is 5.91 Å². The summed E-state index contributed by atoms with van der Waals surface area (Å²) in [7, 11) is 2.76. The topological polar surface area (TPSA) is 73.9 Å². The molecule has 0 aliphatic carbocycles. The molecule has 0 heterocycles. The molecule has 0 fully saturated rings. The fourth-order valence-corrected chi connectivity index (χ4v) is 2.39. The lowest BCUT2D eigenvalue weighted by molar-refractivity contribution is -0.123. The van der Waals surface area contributed by atoms with Crippen molar-refractivity contribution in [3.05, 3.63) is 52.3 Å². The first kappa shape index (κ1) is 20.5. The molecule has 8 heteroatoms. The van der Waals surface area contributed by atoms with E-state index >= 15 is 0 Å². The van der Waals surface area contributed by atoms with Crippen LogP contribution in [0.5, 0.6) is 11.5 Å². The highest BCUT2D eigenvalue weighted by Crippen LogP contribution is 2.31. The molecule has 1 amide bonds. The Morgan fingerprint density at radius 3 is 2.37 bits per heavy atom. The number of carbonyl (C=O) groups is 2. The fourth-order valence-electron chi connectivity index (χ4n) is 2.24. The zero-order valence-electron chi connectivity index (χ0n) is 15.3. The number of amides is 1. The van der Waals surface area contributed by atoms with Crippen LogP contribution in [0.4, 0.5) is 10.1 Å². The molecule has 0 bridgehead atoms. The highest BCUT2D eigenvalue weighted by molar-refractivity contribution is 6.31. The Kier molecular flexibility index (Phi) is 6.63. The second-order valence-electron chi connectivity index (χ2n) is 5.69. The average Bonchev–Trinajstić information content (AvgIpc) is 2.64. The molecule has 2 aromatic rings. The average molecular weight is 396 g/mol. The number of methoxy groups -OCH3 is 2. The van der Waals surface area contributed by atoms with Crippen molar-refractivity contribution in [2.45, 2.75) is 20.0 Å². The van der Waals surface area contributed by atoms with E-state index in [4.69, 9.17) is 25.8 Å². The molecule has 0 radical (unpaired) electrons. The first-order valence-electron chi connectivity index (χ1n) is 7.96. The molecule has 0 aromatic heterocycles. The van der Waals surface area contributed by atoms with Gasteiger partial charge in [-0.05, 0) is 43.7 Å². The summed E-state index contributed by atoms with van der Waals surface area (Å²) in [5.74, 6) is -1.74. The van der Waals surface area contributed by atoms with Crippen LogP contribution < -0.4 is 14.8 Å². The van der Waals surface area contributed by atoms with Crippen molar-refractivity contribution >= 4 is 29.2 Å². The number of ether oxygens (including phenoxy) is 3. The van der Waals surface area contributed by atoms with Gasteiger partial charge in [-0.1, -0.05) is 11.6 Å². The van der Waals surface area contributed by atoms with E-state index in [1.165, 1.54) is 33.3 Å². The van der Waals surface area contributed by atoms with E-state index in [-0.39, 0.29) is 11.3 Å². The summed E-state index contributed by atoms with van der Waals surface area (Å²) in [4.78, 5) is 24.5. The van der Waals surface area contributed by atoms with Gasteiger partial charge in [-0.15, -0.1) is 0 Å². The fraction of sp³-hybridized carbons (Fsp3) is 0.263. The van der Waals surface area contributed by atoms with Crippen molar-refractivity contribution in [3.8, 4) is 11.5 Å². The second kappa shape index (κ2) is 8.73. The molecule has 1 N–H and O–H groups in total. The summed E-state index contributed by atoms with van der Waals surface area (Å²) in [6.07, 6.45) is -1.12. The molecule has 0 aliphatic rings. The summed E-state index contributed by atoms with van der Waals surface area (Å²) in [6, 6.07) is 6.85. The summed E-state index contributed by atoms with van der Waals surface area (Å²) < 4.78 is 28.8. The molecule has 0 spiro atoms. The van der Waals surface area contributed by atoms with Crippen molar-refractivity contribution < 1.29 is 28.2 Å². The molecular weight excluding hydrogens is 377 g/mol. The van der Waals surface area contributed by atoms with Crippen molar-refractivity contribution in [2.75, 3.05) is 19.5 Å². The third-order valence-electron chi connectivity index (χ3n) is 3.78. The quantitative estimate of drug-likeness (QED) is 0.748. The Bertz CT molecular complexity index is 871. The molecule has 0 aliphatic heterocycles. The number of carbonyl (C=O) groups excluding carboxylic acids is 2. The van der Waals surface area contributed by atoms with Crippen LogP contribution in [-0.2, 0) is 9.53 Å². The van der Waals surface area contributed by atoms with Gasteiger partial charge in [0.2, 0.25) is 0 Å². The van der Waals surface area contributed by atoms with Gasteiger partial charge < -0.3 is 19.5 Å². The molecule has 0 saturated carbocycles. The van der Waals surface area contributed by atoms with Crippen LogP contribution in [0.15, 0.2) is 30.3 Å². The Hall–Kier alpha value is -2.80. The third kappa shape index (κ3) is 4.89. The summed E-state index contributed by atoms with van der Waals surface area (Å²) in [5, 5.41) is 3.11. The van der Waals surface area contributed by atoms with Gasteiger partial charge in [0, 0.05) is 11.1 Å². The van der Waals surface area contributed by atoms with Gasteiger partial charge in [-0.2, -0.15) is 0 Å². The van der Waals surface area contributed by atoms with Crippen LogP contribution in [0.3, 0.4) is 0 Å². The Morgan fingerprint density at radius 2 is 1.78 bits per heavy atom. The van der Waals surface area contributed by atoms with E-state index in [0.29, 0.717) is 16.5 Å². The molecule has 2 aromatic carbocycles. The van der Waals surface area contributed by atoms with E-state index in [1.54, 1.807) is 19.1 Å². The molecule has 2 rings (SSSR count). The van der Waals surface area contributed by atoms with Gasteiger partial charge in [-0.25, -0.2) is 9.18 Å². The molecule has 144 valence electrons. The van der Waals surface area contributed by atoms with Gasteiger partial charge >= 0.3 is 5.97 Å². The number of esters is 1. The summed E-state index contributed by atoms with van der Waals surface area (Å²) >= 11 is 6.03. The third-order valence-corrected chi connectivity index (χ3v) is 4.19. The number of benzene rings is 2. The molecule has 0 saturated heterocycles. The van der Waals surface area contributed by atoms with Crippen LogP contribution in [0.25, 0.3) is 0 Å². The maximum Gasteiger partial charge on any atom is 0.339 e. The van der Waals surface area contributed by atoms with Gasteiger partial charge in [0.15, 0.2) is 17.7 Å². The molecular formula is C19H19ClFNO5. The minimum absolute atomic E-state index is 0.00236. The number of anilines is 1. The number of hydrogen-bond acceptors (Lipinski definition) is 5. The van der Waals surface area contributed by atoms with E-state index < -0.39 is 23.8 Å². The molecule has 0 unspecified atom stereocenters. The smallest absolute Gasteiger partial charge is 0.339 e. The van der Waals surface area contributed by atoms with Crippen LogP contribution in [0.1, 0.15) is 22.8 Å². The van der Waals surface area contributed by atoms with Crippen molar-refractivity contribution in [1.82, 2.24) is 0 Å². The number of aryl methyl sites for hydroxylation is 1. The maximum absolute atomic E-state index is 13.7. The van der Waals surface area contributed by atoms with Gasteiger partial charge in [0.1, 0.15) is 5.75 Å². The first-order valence-corrected chi connectivity index (χ1v) is 8.34. The van der Waals surface area contributed by atoms with Crippen LogP contribution >= 0.6 is 11.6 Å². The van der Waals surface area contributed by atoms with E-state index in [0.717, 1.165) is 11.6 Å². The van der Waals surface area contributed by atoms with E-state index in [9.17, 15) is 14.0 Å². The van der Waals surface area contributed by atoms with E-state index in [1.807, 2.05) is 0 Å². The summed E-state index contributed by atoms with van der Waals surface area (Å²) in [6.45, 7) is 3.18. The zero-order valence-corrected chi connectivity index (χ0v) is 16.0. The maximum atomic E-state index is 13.7. The van der Waals surface area contributed by atoms with Gasteiger partial charge in [0.05, 0.1) is 25.5 Å². The monoisotopic (exact) mass is 395 g/mol. The molecule has 6 nitrogen and oxygen atoms in total. The van der Waals surface area contributed by atoms with Crippen LogP contribution in [-0.4, -0.2) is 32.2 Å². The normalized spacial score (nSPS) is 11.5. The number of rotatable bonds is 6. The van der Waals surface area contributed by atoms with Gasteiger partial charge in [-0.3, -0.25) is 4.79 Å². The lowest BCUT2D eigenvalue weighted by Gasteiger charge is -2.16. The minimum Gasteiger partial charge on any atom is -0.495 e. The standard InChI is InChI=1S/C19H19ClFNO5/c1-10-7-15(17(26-4)9-13(10)20)22-18(23)11(2)27-19(24)12-5-6-16(25-3)14(21)8-12/h5-9,11H,1-4H3,(H,22,23)/t11-/m1/s1. The minimum atomic E-state index is -1.12. The lowest BCUT2D eigenvalue weighted by Crippen LogP contribution is -2.30. The largest absolute Gasteiger partial charge is 0.495 e. The molecule has 27 heavy (non-hydrogen) atoms. The highest BCUT2D eigenvalue weighted by Gasteiger charge is 2.21. The number of halogens is 2. The van der Waals surface area contributed by atoms with Crippen molar-refractivity contribution in [1.29, 1.82) is 0 Å². The zero-order chi connectivity index (χ0) is 20.1. The van der Waals surface area contributed by atoms with Crippen molar-refractivity contribution in [3.63, 3.8) is 0 Å². The predicted octanol–water partition coefficient (Wildman–Crippen LogP) is 3.99. The Balaban J connectivity index is 2.08. The Morgan fingerprint density at radius 1 is 1.11 bits per heavy atom. The SMILES string of the molecule is COc1ccc(C(=O)O[C@H](C)C(=O)Nc2cc(C)c(Cl)cc2OC)cc1F. The predicted molar refractivity (Wildman–Crippen MR) is 99.2 cm³/mol. The van der Waals surface area contributed by atoms with E-state index in [2.05, 4.69) is 5.32 Å². The highest BCUT2D eigenvalue weighted by atomic mass is 35.5. The summed E-state index contributed by atoms with van der Waals surface area (Å²) in [5.41, 5.74) is 1.10. The second-order valence-corrected chi connectivity index (χ2v) is 6.09.